The summed E-state index contributed by atoms with van der Waals surface area (Å²) < 4.78 is 15.7. The van der Waals surface area contributed by atoms with Gasteiger partial charge >= 0.3 is 17.9 Å². The zero-order valence-corrected chi connectivity index (χ0v) is 31.3. The van der Waals surface area contributed by atoms with E-state index in [2.05, 4.69) is 23.5 Å². The number of hydrogen-bond donors (Lipinski definition) is 4. The summed E-state index contributed by atoms with van der Waals surface area (Å²) in [6, 6.07) is -0.0903. The maximum atomic E-state index is 13.7. The molecule has 1 aliphatic carbocycles. The molecule has 3 aliphatic heterocycles. The first-order valence-corrected chi connectivity index (χ1v) is 17.5. The molecule has 12 nitrogen and oxygen atoms in total. The number of ether oxygens (including phenoxy) is 3. The summed E-state index contributed by atoms with van der Waals surface area (Å²) >= 11 is 0. The predicted molar refractivity (Wildman–Crippen MR) is 203 cm³/mol. The third kappa shape index (κ3) is 7.21. The van der Waals surface area contributed by atoms with E-state index >= 15 is 0 Å². The molecule has 4 aliphatic rings. The van der Waals surface area contributed by atoms with E-state index in [1.165, 1.54) is 21.3 Å². The molecule has 5 rings (SSSR count). The van der Waals surface area contributed by atoms with Crippen LogP contribution >= 0.6 is 0 Å². The molecule has 12 heteroatoms. The van der Waals surface area contributed by atoms with Crippen LogP contribution in [0.25, 0.3) is 12.2 Å². The largest absolute Gasteiger partial charge is 0.481 e. The molecule has 0 bridgehead atoms. The number of carboxylic acid groups (broad SMARTS) is 1. The lowest BCUT2D eigenvalue weighted by molar-refractivity contribution is -0.149. The van der Waals surface area contributed by atoms with E-state index in [4.69, 9.17) is 24.2 Å². The fraction of sp³-hybridized carbons (Fsp3) is 0.390. The molecule has 0 radical (unpaired) electrons. The highest BCUT2D eigenvalue weighted by molar-refractivity contribution is 6.22. The Morgan fingerprint density at radius 1 is 1.09 bits per heavy atom. The number of methoxy groups -OCH3 is 3. The van der Waals surface area contributed by atoms with Crippen molar-refractivity contribution in [1.29, 1.82) is 0 Å². The molecule has 0 fully saturated rings. The first-order valence-electron chi connectivity index (χ1n) is 17.5. The number of allylic oxidation sites excluding steroid dienone is 6. The van der Waals surface area contributed by atoms with Gasteiger partial charge in [0.2, 0.25) is 0 Å². The topological polar surface area (TPSA) is 172 Å². The molecular formula is C41H48N4O8. The highest BCUT2D eigenvalue weighted by Gasteiger charge is 2.54. The van der Waals surface area contributed by atoms with Crippen molar-refractivity contribution in [2.75, 3.05) is 27.9 Å². The number of nitrogens with zero attached hydrogens (tertiary/aromatic N) is 2. The number of esters is 2. The molecule has 3 unspecified atom stereocenters. The fourth-order valence-corrected chi connectivity index (χ4v) is 7.61. The Hall–Kier alpha value is -5.33. The minimum Gasteiger partial charge on any atom is -0.481 e. The van der Waals surface area contributed by atoms with Crippen LogP contribution in [0.1, 0.15) is 44.7 Å². The number of rotatable bonds is 13. The highest BCUT2D eigenvalue weighted by atomic mass is 16.6. The lowest BCUT2D eigenvalue weighted by Gasteiger charge is -2.37. The van der Waals surface area contributed by atoms with Crippen molar-refractivity contribution in [1.82, 2.24) is 10.3 Å². The number of nitrogens with one attached hydrogen (secondary N) is 2. The molecule has 0 aromatic carbocycles. The van der Waals surface area contributed by atoms with Gasteiger partial charge < -0.3 is 34.7 Å². The van der Waals surface area contributed by atoms with E-state index in [9.17, 15) is 24.6 Å². The van der Waals surface area contributed by atoms with Gasteiger partial charge in [-0.05, 0) is 78.8 Å². The molecule has 53 heavy (non-hydrogen) atoms. The molecule has 1 aromatic heterocycles. The molecular weight excluding hydrogens is 676 g/mol. The Morgan fingerprint density at radius 2 is 1.83 bits per heavy atom. The number of aliphatic carboxylic acids is 1. The number of aliphatic hydroxyl groups is 1. The zero-order chi connectivity index (χ0) is 38.8. The van der Waals surface area contributed by atoms with Crippen LogP contribution < -0.4 is 16.0 Å². The molecule has 0 spiro atoms. The monoisotopic (exact) mass is 724 g/mol. The van der Waals surface area contributed by atoms with Gasteiger partial charge in [-0.3, -0.25) is 19.6 Å². The number of carboxylic acids is 1. The second kappa shape index (κ2) is 15.7. The van der Waals surface area contributed by atoms with Crippen LogP contribution in [0.15, 0.2) is 92.8 Å². The van der Waals surface area contributed by atoms with Gasteiger partial charge in [0.1, 0.15) is 5.92 Å². The van der Waals surface area contributed by atoms with Crippen LogP contribution in [0.3, 0.4) is 0 Å². The molecule has 280 valence electrons. The van der Waals surface area contributed by atoms with E-state index in [1.54, 1.807) is 18.2 Å². The summed E-state index contributed by atoms with van der Waals surface area (Å²) in [5, 5.41) is 24.9. The lowest BCUT2D eigenvalue weighted by atomic mass is 9.63. The van der Waals surface area contributed by atoms with Gasteiger partial charge in [0, 0.05) is 42.3 Å². The Bertz CT molecular complexity index is 2110. The number of carbonyl (C=O) groups excluding carboxylic acids is 2. The first-order chi connectivity index (χ1) is 25.2. The second-order valence-corrected chi connectivity index (χ2v) is 13.7. The van der Waals surface area contributed by atoms with Crippen molar-refractivity contribution < 1.29 is 38.8 Å². The van der Waals surface area contributed by atoms with Crippen LogP contribution in [-0.2, 0) is 35.0 Å². The second-order valence-electron chi connectivity index (χ2n) is 13.7. The third-order valence-electron chi connectivity index (χ3n) is 10.9. The predicted octanol–water partition coefficient (Wildman–Crippen LogP) is 3.43. The van der Waals surface area contributed by atoms with E-state index in [1.807, 2.05) is 52.0 Å². The molecule has 0 saturated heterocycles. The molecule has 0 saturated carbocycles. The molecule has 4 heterocycles. The van der Waals surface area contributed by atoms with Crippen LogP contribution in [0, 0.1) is 24.2 Å². The summed E-state index contributed by atoms with van der Waals surface area (Å²) in [6.45, 7) is 16.1. The quantitative estimate of drug-likeness (QED) is 0.135. The first kappa shape index (κ1) is 38.9. The van der Waals surface area contributed by atoms with Crippen molar-refractivity contribution in [3.8, 4) is 0 Å². The van der Waals surface area contributed by atoms with Crippen molar-refractivity contribution in [2.45, 2.75) is 59.3 Å². The van der Waals surface area contributed by atoms with Gasteiger partial charge in [-0.2, -0.15) is 0 Å². The Morgan fingerprint density at radius 3 is 2.43 bits per heavy atom. The summed E-state index contributed by atoms with van der Waals surface area (Å²) in [5.41, 5.74) is 6.75. The summed E-state index contributed by atoms with van der Waals surface area (Å²) in [7, 11) is 3.97. The number of aliphatic hydroxyl groups excluding tert-OH is 1. The van der Waals surface area contributed by atoms with Gasteiger partial charge in [0.15, 0.2) is 6.29 Å². The van der Waals surface area contributed by atoms with Crippen molar-refractivity contribution in [3.05, 3.63) is 105 Å². The van der Waals surface area contributed by atoms with Crippen molar-refractivity contribution in [3.63, 3.8) is 0 Å². The van der Waals surface area contributed by atoms with E-state index in [0.717, 1.165) is 39.3 Å². The summed E-state index contributed by atoms with van der Waals surface area (Å²) in [4.78, 5) is 51.7. The van der Waals surface area contributed by atoms with Gasteiger partial charge in [0.25, 0.3) is 0 Å². The zero-order valence-electron chi connectivity index (χ0n) is 31.3. The minimum atomic E-state index is -1.17. The number of aliphatic imine (C=N–C) groups is 2. The van der Waals surface area contributed by atoms with Crippen LogP contribution in [0.2, 0.25) is 0 Å². The standard InChI is InChI=1S/C41H48N4O8/c1-10-24-20-42-30(21(24)3)17-34-28-14-12-26(39(49)52-8)38(40(50)53-9)41(28,6)35(45-34)19-31-23(5)27(16-37(48)51-7)33(44-31)18-32-25(13-15-36(46)47)22(4)29(11-2)43-32/h10-12,14,17-19,22,29,37-38,43-44,48H,1-2,13,15-16,20H2,3-9H3,(H,46,47)/b31-19-,33-18-,34-17-/t22?,29?,37?,38-,41+/m0/s1. The van der Waals surface area contributed by atoms with E-state index in [-0.39, 0.29) is 30.4 Å². The van der Waals surface area contributed by atoms with Gasteiger partial charge in [0.05, 0.1) is 54.9 Å². The van der Waals surface area contributed by atoms with Crippen molar-refractivity contribution in [2.24, 2.45) is 27.2 Å². The molecule has 1 aromatic rings. The minimum absolute atomic E-state index is 0.0144. The maximum absolute atomic E-state index is 13.7. The van der Waals surface area contributed by atoms with Crippen LogP contribution in [0.5, 0.6) is 0 Å². The number of H-pyrrole nitrogens is 1. The SMILES string of the molecule is C=CC1=C(C)C(/C=C2N=C(/C=c3\[nH]/c(=C\C4=C(CCC(=O)O)C(C)C(C=C)N4)c(CC(O)OC)c3C)[C@@]3(C)C\2=CC=C(C(=O)OC)[C@H]3C(=O)OC)=NC1. The maximum Gasteiger partial charge on any atom is 0.334 e. The normalized spacial score (nSPS) is 25.8. The number of aromatic nitrogens is 1. The average molecular weight is 725 g/mol. The van der Waals surface area contributed by atoms with Gasteiger partial charge in [-0.15, -0.1) is 6.58 Å². The summed E-state index contributed by atoms with van der Waals surface area (Å²) in [6.07, 6.45) is 12.0. The van der Waals surface area contributed by atoms with Crippen LogP contribution in [0.4, 0.5) is 0 Å². The fourth-order valence-electron chi connectivity index (χ4n) is 7.61. The highest BCUT2D eigenvalue weighted by Crippen LogP contribution is 2.52. The van der Waals surface area contributed by atoms with E-state index < -0.39 is 35.5 Å². The third-order valence-corrected chi connectivity index (χ3v) is 10.9. The van der Waals surface area contributed by atoms with E-state index in [0.29, 0.717) is 40.6 Å². The number of carbonyl (C=O) groups is 3. The lowest BCUT2D eigenvalue weighted by Crippen LogP contribution is -2.44. The number of fused-ring (bicyclic) bond motifs is 1. The number of aromatic amines is 1. The molecule has 0 amide bonds. The molecule has 5 atom stereocenters. The Kier molecular flexibility index (Phi) is 11.5. The Labute approximate surface area is 309 Å². The van der Waals surface area contributed by atoms with Crippen LogP contribution in [-0.4, -0.2) is 84.7 Å². The summed E-state index contributed by atoms with van der Waals surface area (Å²) in [5.74, 6) is -3.25. The molecule has 4 N–H and O–H groups in total. The number of hydrogen-bond acceptors (Lipinski definition) is 10. The van der Waals surface area contributed by atoms with Gasteiger partial charge in [-0.1, -0.05) is 37.8 Å². The smallest absolute Gasteiger partial charge is 0.334 e. The average Bonchev–Trinajstić information content (AvgIpc) is 3.83. The van der Waals surface area contributed by atoms with Crippen molar-refractivity contribution >= 4 is 41.5 Å². The van der Waals surface area contributed by atoms with Gasteiger partial charge in [-0.25, -0.2) is 4.79 Å². The Balaban J connectivity index is 1.77.